The molecule has 7 heteroatoms. The minimum Gasteiger partial charge on any atom is -0.308 e. The van der Waals surface area contributed by atoms with E-state index in [4.69, 9.17) is 23.2 Å². The van der Waals surface area contributed by atoms with Gasteiger partial charge in [0, 0.05) is 5.57 Å². The molecule has 0 saturated carbocycles. The Bertz CT molecular complexity index is 656. The Balaban J connectivity index is 2.07. The summed E-state index contributed by atoms with van der Waals surface area (Å²) in [6.45, 7) is 5.38. The summed E-state index contributed by atoms with van der Waals surface area (Å²) in [6, 6.07) is 5.10. The quantitative estimate of drug-likeness (QED) is 0.868. The molecule has 21 heavy (non-hydrogen) atoms. The summed E-state index contributed by atoms with van der Waals surface area (Å²) >= 11 is 11.8. The van der Waals surface area contributed by atoms with Gasteiger partial charge in [-0.2, -0.15) is 5.10 Å². The third kappa shape index (κ3) is 3.83. The topological polar surface area (TPSA) is 61.8 Å². The van der Waals surface area contributed by atoms with Crippen LogP contribution in [0.1, 0.15) is 18.9 Å². The van der Waals surface area contributed by atoms with Crippen LogP contribution in [-0.4, -0.2) is 22.7 Å². The number of hydrogen-bond donors (Lipinski definition) is 1. The number of hydrogen-bond acceptors (Lipinski definition) is 3. The van der Waals surface area contributed by atoms with Gasteiger partial charge in [-0.25, -0.2) is 5.01 Å². The zero-order valence-corrected chi connectivity index (χ0v) is 12.8. The van der Waals surface area contributed by atoms with E-state index in [0.717, 1.165) is 5.56 Å². The Morgan fingerprint density at radius 3 is 2.76 bits per heavy atom. The molecule has 0 aliphatic carbocycles. The van der Waals surface area contributed by atoms with Crippen LogP contribution in [0.5, 0.6) is 0 Å². The Kier molecular flexibility index (Phi) is 4.65. The van der Waals surface area contributed by atoms with Crippen molar-refractivity contribution in [2.75, 3.05) is 0 Å². The maximum Gasteiger partial charge on any atom is 0.251 e. The molecule has 5 nitrogen and oxygen atoms in total. The zero-order chi connectivity index (χ0) is 15.6. The fraction of sp³-hybridized carbons (Fsp3) is 0.214. The van der Waals surface area contributed by atoms with Gasteiger partial charge in [0.25, 0.3) is 11.8 Å². The first kappa shape index (κ1) is 15.5. The molecular weight excluding hydrogens is 313 g/mol. The number of carbonyl (C=O) groups excluding carboxylic acids is 2. The van der Waals surface area contributed by atoms with Crippen LogP contribution >= 0.6 is 23.2 Å². The standard InChI is InChI=1S/C14H13Cl2N3O2/c1-8(2)14(21)17-12-6-13(20)19(18-12)7-9-3-4-10(15)11(16)5-9/h3-5H,1,6-7H2,2H3,(H,17,18,21). The van der Waals surface area contributed by atoms with Gasteiger partial charge in [0.15, 0.2) is 0 Å². The number of rotatable bonds is 3. The van der Waals surface area contributed by atoms with Crippen LogP contribution < -0.4 is 5.32 Å². The van der Waals surface area contributed by atoms with Gasteiger partial charge >= 0.3 is 0 Å². The van der Waals surface area contributed by atoms with Gasteiger partial charge in [-0.05, 0) is 24.6 Å². The fourth-order valence-corrected chi connectivity index (χ4v) is 2.03. The molecule has 0 fully saturated rings. The number of nitrogens with zero attached hydrogens (tertiary/aromatic N) is 2. The largest absolute Gasteiger partial charge is 0.308 e. The molecule has 0 radical (unpaired) electrons. The Morgan fingerprint density at radius 1 is 1.43 bits per heavy atom. The summed E-state index contributed by atoms with van der Waals surface area (Å²) in [7, 11) is 0. The number of hydrazone groups is 1. The van der Waals surface area contributed by atoms with E-state index in [-0.39, 0.29) is 24.8 Å². The summed E-state index contributed by atoms with van der Waals surface area (Å²) in [6.07, 6.45) is 0.0559. The molecule has 2 rings (SSSR count). The molecule has 1 aliphatic heterocycles. The van der Waals surface area contributed by atoms with Crippen molar-refractivity contribution in [3.05, 3.63) is 46.0 Å². The van der Waals surface area contributed by atoms with E-state index in [1.54, 1.807) is 25.1 Å². The summed E-state index contributed by atoms with van der Waals surface area (Å²) in [5.41, 5.74) is 1.15. The van der Waals surface area contributed by atoms with Crippen LogP contribution in [-0.2, 0) is 16.1 Å². The van der Waals surface area contributed by atoms with Gasteiger partial charge in [0.05, 0.1) is 23.0 Å². The highest BCUT2D eigenvalue weighted by atomic mass is 35.5. The maximum absolute atomic E-state index is 11.9. The first-order valence-electron chi connectivity index (χ1n) is 6.15. The second-order valence-corrected chi connectivity index (χ2v) is 5.47. The van der Waals surface area contributed by atoms with Gasteiger partial charge in [-0.15, -0.1) is 0 Å². The normalized spacial score (nSPS) is 14.1. The molecule has 2 amide bonds. The number of carbonyl (C=O) groups is 2. The van der Waals surface area contributed by atoms with Crippen molar-refractivity contribution in [3.63, 3.8) is 0 Å². The van der Waals surface area contributed by atoms with E-state index >= 15 is 0 Å². The molecule has 1 N–H and O–H groups in total. The van der Waals surface area contributed by atoms with Crippen molar-refractivity contribution in [2.45, 2.75) is 19.9 Å². The molecule has 0 saturated heterocycles. The molecule has 0 unspecified atom stereocenters. The van der Waals surface area contributed by atoms with Crippen molar-refractivity contribution < 1.29 is 9.59 Å². The monoisotopic (exact) mass is 325 g/mol. The predicted octanol–water partition coefficient (Wildman–Crippen LogP) is 2.73. The van der Waals surface area contributed by atoms with E-state index in [1.807, 2.05) is 0 Å². The fourth-order valence-electron chi connectivity index (χ4n) is 1.71. The zero-order valence-electron chi connectivity index (χ0n) is 11.3. The average molecular weight is 326 g/mol. The number of benzene rings is 1. The molecule has 1 heterocycles. The van der Waals surface area contributed by atoms with Gasteiger partial charge in [-0.3, -0.25) is 9.59 Å². The average Bonchev–Trinajstić information content (AvgIpc) is 2.74. The first-order valence-corrected chi connectivity index (χ1v) is 6.91. The van der Waals surface area contributed by atoms with Crippen LogP contribution in [0.25, 0.3) is 0 Å². The summed E-state index contributed by atoms with van der Waals surface area (Å²) in [4.78, 5) is 23.4. The van der Waals surface area contributed by atoms with Crippen LogP contribution in [0.2, 0.25) is 10.0 Å². The van der Waals surface area contributed by atoms with Gasteiger partial charge in [-0.1, -0.05) is 35.8 Å². The van der Waals surface area contributed by atoms with Crippen molar-refractivity contribution in [1.82, 2.24) is 10.3 Å². The number of halogens is 2. The molecule has 0 spiro atoms. The smallest absolute Gasteiger partial charge is 0.251 e. The van der Waals surface area contributed by atoms with Crippen LogP contribution in [0.3, 0.4) is 0 Å². The molecule has 0 bridgehead atoms. The Labute approximate surface area is 132 Å². The second kappa shape index (κ2) is 6.28. The minimum atomic E-state index is -0.349. The molecule has 0 aromatic heterocycles. The van der Waals surface area contributed by atoms with E-state index in [2.05, 4.69) is 17.0 Å². The number of amides is 2. The summed E-state index contributed by atoms with van der Waals surface area (Å²) in [5, 5.41) is 8.79. The molecule has 1 aromatic carbocycles. The first-order chi connectivity index (χ1) is 9.86. The summed E-state index contributed by atoms with van der Waals surface area (Å²) in [5.74, 6) is -0.232. The Morgan fingerprint density at radius 2 is 2.14 bits per heavy atom. The molecule has 0 atom stereocenters. The molecule has 1 aliphatic rings. The van der Waals surface area contributed by atoms with E-state index in [1.165, 1.54) is 5.01 Å². The van der Waals surface area contributed by atoms with Crippen molar-refractivity contribution in [1.29, 1.82) is 0 Å². The van der Waals surface area contributed by atoms with Crippen LogP contribution in [0.4, 0.5) is 0 Å². The van der Waals surface area contributed by atoms with E-state index < -0.39 is 0 Å². The van der Waals surface area contributed by atoms with E-state index in [9.17, 15) is 9.59 Å². The molecule has 110 valence electrons. The molecular formula is C14H13Cl2N3O2. The lowest BCUT2D eigenvalue weighted by Crippen LogP contribution is -2.29. The number of nitrogens with one attached hydrogen (secondary N) is 1. The van der Waals surface area contributed by atoms with Gasteiger partial charge < -0.3 is 5.32 Å². The highest BCUT2D eigenvalue weighted by molar-refractivity contribution is 6.42. The lowest BCUT2D eigenvalue weighted by Gasteiger charge is -2.11. The van der Waals surface area contributed by atoms with Crippen LogP contribution in [0, 0.1) is 0 Å². The van der Waals surface area contributed by atoms with Crippen molar-refractivity contribution >= 4 is 40.9 Å². The lowest BCUT2D eigenvalue weighted by molar-refractivity contribution is -0.129. The second-order valence-electron chi connectivity index (χ2n) is 4.66. The highest BCUT2D eigenvalue weighted by Gasteiger charge is 2.25. The predicted molar refractivity (Wildman–Crippen MR) is 82.0 cm³/mol. The SMILES string of the molecule is C=C(C)C(=O)NC1=NN(Cc2ccc(Cl)c(Cl)c2)C(=O)C1. The molecule has 1 aromatic rings. The third-order valence-electron chi connectivity index (χ3n) is 2.81. The van der Waals surface area contributed by atoms with Crippen molar-refractivity contribution in [2.24, 2.45) is 5.10 Å². The van der Waals surface area contributed by atoms with Gasteiger partial charge in [0.2, 0.25) is 0 Å². The van der Waals surface area contributed by atoms with Gasteiger partial charge in [0.1, 0.15) is 5.84 Å². The summed E-state index contributed by atoms with van der Waals surface area (Å²) < 4.78 is 0. The van der Waals surface area contributed by atoms with E-state index in [0.29, 0.717) is 21.5 Å². The third-order valence-corrected chi connectivity index (χ3v) is 3.55. The Hall–Kier alpha value is -1.85. The maximum atomic E-state index is 11.9. The number of amidine groups is 1. The highest BCUT2D eigenvalue weighted by Crippen LogP contribution is 2.24. The minimum absolute atomic E-state index is 0.0559. The van der Waals surface area contributed by atoms with Crippen molar-refractivity contribution in [3.8, 4) is 0 Å². The van der Waals surface area contributed by atoms with Crippen LogP contribution in [0.15, 0.2) is 35.5 Å². The lowest BCUT2D eigenvalue weighted by atomic mass is 10.2.